The Bertz CT molecular complexity index is 841. The highest BCUT2D eigenvalue weighted by atomic mass is 79.9. The molecule has 1 aliphatic heterocycles. The summed E-state index contributed by atoms with van der Waals surface area (Å²) in [5.41, 5.74) is 0.782. The van der Waals surface area contributed by atoms with Gasteiger partial charge in [0.2, 0.25) is 0 Å². The van der Waals surface area contributed by atoms with Gasteiger partial charge in [0, 0.05) is 6.54 Å². The normalized spacial score (nSPS) is 15.3. The molecule has 0 aromatic heterocycles. The highest BCUT2D eigenvalue weighted by Gasteiger charge is 2.32. The number of hydrogen-bond donors (Lipinski definition) is 0. The van der Waals surface area contributed by atoms with Crippen LogP contribution in [0, 0.1) is 0 Å². The minimum atomic E-state index is -0.332. The van der Waals surface area contributed by atoms with Crippen molar-refractivity contribution in [3.63, 3.8) is 0 Å². The maximum atomic E-state index is 12.8. The van der Waals surface area contributed by atoms with Crippen LogP contribution >= 0.6 is 39.9 Å². The first-order valence-corrected chi connectivity index (χ1v) is 11.8. The van der Waals surface area contributed by atoms with Gasteiger partial charge >= 0.3 is 5.97 Å². The van der Waals surface area contributed by atoms with Crippen LogP contribution in [0.5, 0.6) is 11.5 Å². The monoisotopic (exact) mass is 515 g/mol. The van der Waals surface area contributed by atoms with E-state index in [1.807, 2.05) is 39.8 Å². The van der Waals surface area contributed by atoms with Crippen LogP contribution in [0.25, 0.3) is 6.08 Å². The molecule has 6 nitrogen and oxygen atoms in total. The van der Waals surface area contributed by atoms with Crippen LogP contribution in [0.4, 0.5) is 0 Å². The molecule has 164 valence electrons. The van der Waals surface area contributed by atoms with Gasteiger partial charge < -0.3 is 14.2 Å². The Morgan fingerprint density at radius 2 is 2.07 bits per heavy atom. The number of esters is 1. The molecule has 0 aliphatic carbocycles. The quantitative estimate of drug-likeness (QED) is 0.241. The van der Waals surface area contributed by atoms with E-state index in [-0.39, 0.29) is 30.9 Å². The summed E-state index contributed by atoms with van der Waals surface area (Å²) in [5.74, 6) is 0.675. The number of nitrogens with zero attached hydrogens (tertiary/aromatic N) is 1. The fourth-order valence-corrected chi connectivity index (χ4v) is 4.48. The zero-order valence-corrected chi connectivity index (χ0v) is 20.7. The van der Waals surface area contributed by atoms with Gasteiger partial charge in [0.25, 0.3) is 5.91 Å². The third-order valence-electron chi connectivity index (χ3n) is 3.86. The van der Waals surface area contributed by atoms with E-state index < -0.39 is 0 Å². The fraction of sp³-hybridized carbons (Fsp3) is 0.476. The Hall–Kier alpha value is -1.58. The molecular formula is C21H26BrNO5S2. The molecule has 0 atom stereocenters. The predicted molar refractivity (Wildman–Crippen MR) is 127 cm³/mol. The van der Waals surface area contributed by atoms with Gasteiger partial charge in [-0.15, -0.1) is 0 Å². The Kier molecular flexibility index (Phi) is 9.64. The molecule has 1 fully saturated rings. The fourth-order valence-electron chi connectivity index (χ4n) is 2.62. The van der Waals surface area contributed by atoms with Crippen molar-refractivity contribution < 1.29 is 23.8 Å². The number of amides is 1. The molecule has 1 saturated heterocycles. The lowest BCUT2D eigenvalue weighted by Crippen LogP contribution is -2.30. The predicted octanol–water partition coefficient (Wildman–Crippen LogP) is 5.18. The van der Waals surface area contributed by atoms with Crippen molar-refractivity contribution in [1.82, 2.24) is 4.90 Å². The van der Waals surface area contributed by atoms with E-state index in [0.717, 1.165) is 16.5 Å². The van der Waals surface area contributed by atoms with E-state index in [4.69, 9.17) is 26.4 Å². The third kappa shape index (κ3) is 6.72. The first kappa shape index (κ1) is 24.7. The lowest BCUT2D eigenvalue weighted by Gasteiger charge is -2.17. The summed E-state index contributed by atoms with van der Waals surface area (Å²) in [5, 5.41) is 0. The molecule has 0 saturated carbocycles. The lowest BCUT2D eigenvalue weighted by molar-refractivity contribution is -0.143. The highest BCUT2D eigenvalue weighted by molar-refractivity contribution is 9.10. The smallest absolute Gasteiger partial charge is 0.307 e. The molecule has 1 amide bonds. The van der Waals surface area contributed by atoms with Crippen LogP contribution in [0.2, 0.25) is 0 Å². The van der Waals surface area contributed by atoms with E-state index in [1.165, 1.54) is 16.7 Å². The van der Waals surface area contributed by atoms with Gasteiger partial charge in [-0.3, -0.25) is 14.5 Å². The molecule has 1 heterocycles. The molecule has 0 bridgehead atoms. The first-order valence-electron chi connectivity index (χ1n) is 9.80. The van der Waals surface area contributed by atoms with Crippen LogP contribution in [-0.4, -0.2) is 47.0 Å². The van der Waals surface area contributed by atoms with Crippen molar-refractivity contribution >= 4 is 62.2 Å². The van der Waals surface area contributed by atoms with E-state index in [2.05, 4.69) is 15.9 Å². The van der Waals surface area contributed by atoms with E-state index >= 15 is 0 Å². The number of halogens is 1. The summed E-state index contributed by atoms with van der Waals surface area (Å²) in [4.78, 5) is 26.5. The van der Waals surface area contributed by atoms with Gasteiger partial charge in [0.15, 0.2) is 11.5 Å². The average Bonchev–Trinajstić information content (AvgIpc) is 2.94. The molecule has 9 heteroatoms. The maximum absolute atomic E-state index is 12.8. The Labute approximate surface area is 195 Å². The van der Waals surface area contributed by atoms with Gasteiger partial charge in [0.05, 0.1) is 35.1 Å². The second kappa shape index (κ2) is 11.7. The summed E-state index contributed by atoms with van der Waals surface area (Å²) >= 11 is 10.1. The van der Waals surface area contributed by atoms with Crippen LogP contribution in [0.3, 0.4) is 0 Å². The van der Waals surface area contributed by atoms with E-state index in [9.17, 15) is 9.59 Å². The van der Waals surface area contributed by atoms with E-state index in [0.29, 0.717) is 33.9 Å². The van der Waals surface area contributed by atoms with Crippen molar-refractivity contribution in [2.75, 3.05) is 19.8 Å². The molecular weight excluding hydrogens is 490 g/mol. The second-order valence-corrected chi connectivity index (χ2v) is 9.26. The second-order valence-electron chi connectivity index (χ2n) is 6.73. The number of carbonyl (C=O) groups excluding carboxylic acids is 2. The molecule has 0 radical (unpaired) electrons. The highest BCUT2D eigenvalue weighted by Crippen LogP contribution is 2.39. The van der Waals surface area contributed by atoms with Crippen molar-refractivity contribution in [2.45, 2.75) is 46.6 Å². The summed E-state index contributed by atoms with van der Waals surface area (Å²) < 4.78 is 17.8. The first-order chi connectivity index (χ1) is 14.3. The number of thiocarbonyl (C=S) groups is 1. The molecule has 1 aliphatic rings. The lowest BCUT2D eigenvalue weighted by atomic mass is 10.1. The minimum Gasteiger partial charge on any atom is -0.490 e. The molecule has 1 aromatic carbocycles. The Morgan fingerprint density at radius 3 is 2.70 bits per heavy atom. The molecule has 0 N–H and O–H groups in total. The molecule has 1 aromatic rings. The van der Waals surface area contributed by atoms with Crippen LogP contribution < -0.4 is 9.47 Å². The Morgan fingerprint density at radius 1 is 1.33 bits per heavy atom. The summed E-state index contributed by atoms with van der Waals surface area (Å²) in [6, 6.07) is 3.70. The number of thioether (sulfide) groups is 1. The molecule has 0 unspecified atom stereocenters. The van der Waals surface area contributed by atoms with Gasteiger partial charge in [-0.25, -0.2) is 0 Å². The number of carbonyl (C=O) groups is 2. The topological polar surface area (TPSA) is 65.1 Å². The van der Waals surface area contributed by atoms with Crippen molar-refractivity contribution in [3.05, 3.63) is 27.1 Å². The van der Waals surface area contributed by atoms with Gasteiger partial charge in [-0.1, -0.05) is 30.9 Å². The third-order valence-corrected chi connectivity index (χ3v) is 5.83. The average molecular weight is 516 g/mol. The summed E-state index contributed by atoms with van der Waals surface area (Å²) in [7, 11) is 0. The largest absolute Gasteiger partial charge is 0.490 e. The van der Waals surface area contributed by atoms with Gasteiger partial charge in [0.1, 0.15) is 4.32 Å². The minimum absolute atomic E-state index is 0.00776. The number of hydrogen-bond acceptors (Lipinski definition) is 7. The standard InChI is InChI=1S/C21H26BrNO5S2/c1-5-9-27-18(24)7-8-23-20(25)17(30-21(23)29)12-14-10-15(22)19(28-13(3)4)16(11-14)26-6-2/h10-13H,5-9H2,1-4H3/b17-12-. The van der Waals surface area contributed by atoms with Crippen LogP contribution in [0.15, 0.2) is 21.5 Å². The zero-order chi connectivity index (χ0) is 22.3. The van der Waals surface area contributed by atoms with Gasteiger partial charge in [-0.05, 0) is 66.9 Å². The number of ether oxygens (including phenoxy) is 3. The SMILES string of the molecule is CCCOC(=O)CCN1C(=O)/C(=C/c2cc(Br)c(OC(C)C)c(OCC)c2)SC1=S. The van der Waals surface area contributed by atoms with Crippen molar-refractivity contribution in [1.29, 1.82) is 0 Å². The van der Waals surface area contributed by atoms with Crippen LogP contribution in [-0.2, 0) is 14.3 Å². The van der Waals surface area contributed by atoms with Gasteiger partial charge in [-0.2, -0.15) is 0 Å². The molecule has 0 spiro atoms. The van der Waals surface area contributed by atoms with Crippen molar-refractivity contribution in [2.24, 2.45) is 0 Å². The van der Waals surface area contributed by atoms with E-state index in [1.54, 1.807) is 6.08 Å². The van der Waals surface area contributed by atoms with Crippen LogP contribution in [0.1, 0.15) is 46.1 Å². The van der Waals surface area contributed by atoms with Crippen molar-refractivity contribution in [3.8, 4) is 11.5 Å². The Balaban J connectivity index is 2.19. The zero-order valence-electron chi connectivity index (χ0n) is 17.5. The maximum Gasteiger partial charge on any atom is 0.307 e. The molecule has 2 rings (SSSR count). The molecule has 30 heavy (non-hydrogen) atoms. The number of rotatable bonds is 10. The number of benzene rings is 1. The summed E-state index contributed by atoms with van der Waals surface area (Å²) in [6.07, 6.45) is 2.63. The summed E-state index contributed by atoms with van der Waals surface area (Å²) in [6.45, 7) is 8.79.